The molecule has 5 nitrogen and oxygen atoms in total. The maximum absolute atomic E-state index is 13.1. The summed E-state index contributed by atoms with van der Waals surface area (Å²) in [4.78, 5) is 12.6. The first-order valence-electron chi connectivity index (χ1n) is 8.39. The molecule has 1 aliphatic heterocycles. The summed E-state index contributed by atoms with van der Waals surface area (Å²) in [6.45, 7) is 0.307. The number of piperidine rings is 1. The van der Waals surface area contributed by atoms with Crippen LogP contribution in [0.3, 0.4) is 0 Å². The summed E-state index contributed by atoms with van der Waals surface area (Å²) in [6, 6.07) is 7.47. The quantitative estimate of drug-likeness (QED) is 0.658. The Kier molecular flexibility index (Phi) is 6.51. The summed E-state index contributed by atoms with van der Waals surface area (Å²) < 4.78 is 39.9. The molecular formula is C18H16Cl3FN2O3S. The van der Waals surface area contributed by atoms with Gasteiger partial charge in [-0.2, -0.15) is 4.31 Å². The molecule has 3 rings (SSSR count). The van der Waals surface area contributed by atoms with E-state index in [0.717, 1.165) is 12.1 Å². The molecule has 2 aromatic rings. The monoisotopic (exact) mass is 464 g/mol. The van der Waals surface area contributed by atoms with Crippen LogP contribution in [0.2, 0.25) is 15.1 Å². The molecule has 0 radical (unpaired) electrons. The van der Waals surface area contributed by atoms with Gasteiger partial charge in [-0.05, 0) is 49.2 Å². The Morgan fingerprint density at radius 2 is 1.71 bits per heavy atom. The summed E-state index contributed by atoms with van der Waals surface area (Å²) in [5.41, 5.74) is 0.305. The minimum absolute atomic E-state index is 0.0116. The lowest BCUT2D eigenvalue weighted by atomic mass is 9.98. The van der Waals surface area contributed by atoms with E-state index in [0.29, 0.717) is 18.5 Å². The average Bonchev–Trinajstić information content (AvgIpc) is 2.66. The molecule has 10 heteroatoms. The molecule has 1 unspecified atom stereocenters. The predicted molar refractivity (Wildman–Crippen MR) is 108 cm³/mol. The van der Waals surface area contributed by atoms with E-state index < -0.39 is 21.8 Å². The van der Waals surface area contributed by atoms with E-state index in [2.05, 4.69) is 5.32 Å². The SMILES string of the molecule is O=C(Nc1cc(Cl)c(Cl)cc1Cl)C1CCCN(S(=O)(=O)c2ccc(F)cc2)C1. The molecule has 1 saturated heterocycles. The van der Waals surface area contributed by atoms with Crippen LogP contribution >= 0.6 is 34.8 Å². The second-order valence-electron chi connectivity index (χ2n) is 6.39. The minimum atomic E-state index is -3.82. The van der Waals surface area contributed by atoms with E-state index in [4.69, 9.17) is 34.8 Å². The first-order valence-corrected chi connectivity index (χ1v) is 11.0. The standard InChI is InChI=1S/C18H16Cl3FN2O3S/c19-14-8-16(21)17(9-15(14)20)23-18(25)11-2-1-7-24(10-11)28(26,27)13-5-3-12(22)4-6-13/h3-6,8-9,11H,1-2,7,10H2,(H,23,25). The van der Waals surface area contributed by atoms with Crippen molar-refractivity contribution >= 4 is 56.4 Å². The molecule has 0 bridgehead atoms. The second kappa shape index (κ2) is 8.55. The fourth-order valence-corrected chi connectivity index (χ4v) is 5.10. The molecule has 1 atom stereocenters. The number of benzene rings is 2. The first kappa shape index (κ1) is 21.3. The highest BCUT2D eigenvalue weighted by Gasteiger charge is 2.33. The molecule has 28 heavy (non-hydrogen) atoms. The number of amides is 1. The van der Waals surface area contributed by atoms with Gasteiger partial charge in [-0.25, -0.2) is 12.8 Å². The van der Waals surface area contributed by atoms with Crippen molar-refractivity contribution in [2.45, 2.75) is 17.7 Å². The van der Waals surface area contributed by atoms with Crippen LogP contribution in [-0.2, 0) is 14.8 Å². The van der Waals surface area contributed by atoms with E-state index in [-0.39, 0.29) is 39.0 Å². The van der Waals surface area contributed by atoms with Gasteiger partial charge < -0.3 is 5.32 Å². The summed E-state index contributed by atoms with van der Waals surface area (Å²) in [5.74, 6) is -1.44. The minimum Gasteiger partial charge on any atom is -0.324 e. The van der Waals surface area contributed by atoms with Crippen molar-refractivity contribution in [3.8, 4) is 0 Å². The number of sulfonamides is 1. The highest BCUT2D eigenvalue weighted by Crippen LogP contribution is 2.33. The fraction of sp³-hybridized carbons (Fsp3) is 0.278. The van der Waals surface area contributed by atoms with E-state index in [1.54, 1.807) is 0 Å². The number of anilines is 1. The van der Waals surface area contributed by atoms with Gasteiger partial charge in [-0.15, -0.1) is 0 Å². The van der Waals surface area contributed by atoms with Crippen LogP contribution in [0.5, 0.6) is 0 Å². The highest BCUT2D eigenvalue weighted by molar-refractivity contribution is 7.89. The summed E-state index contributed by atoms with van der Waals surface area (Å²) in [5, 5.41) is 3.42. The molecule has 0 saturated carbocycles. The third kappa shape index (κ3) is 4.60. The zero-order valence-corrected chi connectivity index (χ0v) is 17.5. The first-order chi connectivity index (χ1) is 13.2. The second-order valence-corrected chi connectivity index (χ2v) is 9.55. The Morgan fingerprint density at radius 1 is 1.07 bits per heavy atom. The molecule has 1 aliphatic rings. The summed E-state index contributed by atoms with van der Waals surface area (Å²) >= 11 is 17.9. The third-order valence-electron chi connectivity index (χ3n) is 4.47. The zero-order valence-electron chi connectivity index (χ0n) is 14.5. The van der Waals surface area contributed by atoms with Gasteiger partial charge in [0.05, 0.1) is 31.6 Å². The predicted octanol–water partition coefficient (Wildman–Crippen LogP) is 4.83. The number of halogens is 4. The number of hydrogen-bond donors (Lipinski definition) is 1. The van der Waals surface area contributed by atoms with Crippen LogP contribution in [0, 0.1) is 11.7 Å². The number of hydrogen-bond acceptors (Lipinski definition) is 3. The maximum Gasteiger partial charge on any atom is 0.243 e. The zero-order chi connectivity index (χ0) is 20.5. The summed E-state index contributed by atoms with van der Waals surface area (Å²) in [7, 11) is -3.82. The van der Waals surface area contributed by atoms with Gasteiger partial charge in [0.1, 0.15) is 5.82 Å². The molecule has 0 aliphatic carbocycles. The lowest BCUT2D eigenvalue weighted by molar-refractivity contribution is -0.120. The van der Waals surface area contributed by atoms with Gasteiger partial charge in [0.25, 0.3) is 0 Å². The molecular weight excluding hydrogens is 450 g/mol. The molecule has 1 fully saturated rings. The van der Waals surface area contributed by atoms with E-state index in [1.807, 2.05) is 0 Å². The van der Waals surface area contributed by atoms with Crippen molar-refractivity contribution in [1.29, 1.82) is 0 Å². The lowest BCUT2D eigenvalue weighted by Gasteiger charge is -2.31. The van der Waals surface area contributed by atoms with Crippen LogP contribution in [0.15, 0.2) is 41.3 Å². The van der Waals surface area contributed by atoms with E-state index in [9.17, 15) is 17.6 Å². The topological polar surface area (TPSA) is 66.5 Å². The highest BCUT2D eigenvalue weighted by atomic mass is 35.5. The molecule has 0 aromatic heterocycles. The number of carbonyl (C=O) groups excluding carboxylic acids is 1. The molecule has 0 spiro atoms. The van der Waals surface area contributed by atoms with Crippen LogP contribution in [0.4, 0.5) is 10.1 Å². The molecule has 1 amide bonds. The summed E-state index contributed by atoms with van der Waals surface area (Å²) in [6.07, 6.45) is 1.05. The van der Waals surface area contributed by atoms with Gasteiger partial charge in [0.15, 0.2) is 0 Å². The number of nitrogens with one attached hydrogen (secondary N) is 1. The Balaban J connectivity index is 1.75. The van der Waals surface area contributed by atoms with Crippen molar-refractivity contribution in [3.05, 3.63) is 57.3 Å². The molecule has 1 heterocycles. The molecule has 1 N–H and O–H groups in total. The van der Waals surface area contributed by atoms with Crippen molar-refractivity contribution in [2.75, 3.05) is 18.4 Å². The van der Waals surface area contributed by atoms with Crippen molar-refractivity contribution in [2.24, 2.45) is 5.92 Å². The Hall–Kier alpha value is -1.38. The molecule has 150 valence electrons. The van der Waals surface area contributed by atoms with Gasteiger partial charge in [-0.3, -0.25) is 4.79 Å². The lowest BCUT2D eigenvalue weighted by Crippen LogP contribution is -2.43. The van der Waals surface area contributed by atoms with Gasteiger partial charge >= 0.3 is 0 Å². The number of carbonyl (C=O) groups is 1. The van der Waals surface area contributed by atoms with Gasteiger partial charge in [-0.1, -0.05) is 34.8 Å². The van der Waals surface area contributed by atoms with Crippen LogP contribution in [0.1, 0.15) is 12.8 Å². The normalized spacial score (nSPS) is 18.1. The largest absolute Gasteiger partial charge is 0.324 e. The van der Waals surface area contributed by atoms with E-state index in [1.165, 1.54) is 28.6 Å². The Morgan fingerprint density at radius 3 is 2.39 bits per heavy atom. The van der Waals surface area contributed by atoms with Crippen molar-refractivity contribution in [3.63, 3.8) is 0 Å². The Labute approximate surface area is 177 Å². The molecule has 2 aromatic carbocycles. The van der Waals surface area contributed by atoms with Gasteiger partial charge in [0.2, 0.25) is 15.9 Å². The maximum atomic E-state index is 13.1. The Bertz CT molecular complexity index is 1000. The number of rotatable bonds is 4. The van der Waals surface area contributed by atoms with E-state index >= 15 is 0 Å². The fourth-order valence-electron chi connectivity index (χ4n) is 2.98. The van der Waals surface area contributed by atoms with Crippen molar-refractivity contribution in [1.82, 2.24) is 4.31 Å². The van der Waals surface area contributed by atoms with Crippen LogP contribution < -0.4 is 5.32 Å². The van der Waals surface area contributed by atoms with Crippen LogP contribution in [-0.4, -0.2) is 31.7 Å². The average molecular weight is 466 g/mol. The van der Waals surface area contributed by atoms with Gasteiger partial charge in [0, 0.05) is 13.1 Å². The van der Waals surface area contributed by atoms with Crippen molar-refractivity contribution < 1.29 is 17.6 Å². The third-order valence-corrected chi connectivity index (χ3v) is 7.39. The van der Waals surface area contributed by atoms with Crippen LogP contribution in [0.25, 0.3) is 0 Å². The number of nitrogens with zero attached hydrogens (tertiary/aromatic N) is 1. The smallest absolute Gasteiger partial charge is 0.243 e.